The molecule has 1 aromatic rings. The highest BCUT2D eigenvalue weighted by Gasteiger charge is 2.43. The highest BCUT2D eigenvalue weighted by Crippen LogP contribution is 2.55. The van der Waals surface area contributed by atoms with Crippen molar-refractivity contribution in [2.24, 2.45) is 0 Å². The minimum absolute atomic E-state index is 0.475. The lowest BCUT2D eigenvalue weighted by molar-refractivity contribution is 0.462. The predicted octanol–water partition coefficient (Wildman–Crippen LogP) is 4.19. The van der Waals surface area contributed by atoms with E-state index in [0.717, 1.165) is 0 Å². The molecule has 0 bridgehead atoms. The van der Waals surface area contributed by atoms with E-state index in [1.165, 1.54) is 43.4 Å². The second-order valence-electron chi connectivity index (χ2n) is 6.17. The van der Waals surface area contributed by atoms with E-state index < -0.39 is 0 Å². The van der Waals surface area contributed by atoms with Gasteiger partial charge in [-0.2, -0.15) is 0 Å². The van der Waals surface area contributed by atoms with Crippen molar-refractivity contribution in [2.45, 2.75) is 44.4 Å². The van der Waals surface area contributed by atoms with Crippen LogP contribution in [-0.4, -0.2) is 19.0 Å². The Morgan fingerprint density at radius 3 is 2.44 bits per heavy atom. The molecule has 0 radical (unpaired) electrons. The first-order valence-corrected chi connectivity index (χ1v) is 7.11. The molecule has 2 aliphatic carbocycles. The van der Waals surface area contributed by atoms with Gasteiger partial charge in [0.25, 0.3) is 0 Å². The Morgan fingerprint density at radius 1 is 1.11 bits per heavy atom. The number of allylic oxidation sites excluding steroid dienone is 2. The average molecular weight is 241 g/mol. The standard InChI is InChI=1S/C17H23N/c1-13(18(2)3)15-12-17(10-6-7-11-17)16-9-5-4-8-14(15)16/h4-5,8-9H,6-7,10-12H2,1-3H3/b15-13-. The smallest absolute Gasteiger partial charge is 0.0135 e. The second-order valence-corrected chi connectivity index (χ2v) is 6.17. The van der Waals surface area contributed by atoms with Gasteiger partial charge in [-0.3, -0.25) is 0 Å². The van der Waals surface area contributed by atoms with Gasteiger partial charge in [-0.25, -0.2) is 0 Å². The van der Waals surface area contributed by atoms with Gasteiger partial charge in [0.05, 0.1) is 0 Å². The van der Waals surface area contributed by atoms with Crippen molar-refractivity contribution >= 4 is 5.57 Å². The molecule has 96 valence electrons. The van der Waals surface area contributed by atoms with Crippen molar-refractivity contribution in [3.8, 4) is 0 Å². The molecular weight excluding hydrogens is 218 g/mol. The van der Waals surface area contributed by atoms with Crippen molar-refractivity contribution in [1.82, 2.24) is 4.90 Å². The molecule has 18 heavy (non-hydrogen) atoms. The fourth-order valence-electron chi connectivity index (χ4n) is 3.83. The third-order valence-electron chi connectivity index (χ3n) is 5.01. The molecule has 1 nitrogen and oxygen atoms in total. The van der Waals surface area contributed by atoms with Crippen molar-refractivity contribution in [2.75, 3.05) is 14.1 Å². The van der Waals surface area contributed by atoms with Gasteiger partial charge < -0.3 is 4.90 Å². The van der Waals surface area contributed by atoms with Gasteiger partial charge in [-0.05, 0) is 42.9 Å². The van der Waals surface area contributed by atoms with Crippen LogP contribution in [-0.2, 0) is 5.41 Å². The normalized spacial score (nSPS) is 23.3. The molecule has 0 unspecified atom stereocenters. The van der Waals surface area contributed by atoms with E-state index in [1.54, 1.807) is 11.1 Å². The summed E-state index contributed by atoms with van der Waals surface area (Å²) in [5.41, 5.74) is 6.64. The predicted molar refractivity (Wildman–Crippen MR) is 77.5 cm³/mol. The molecule has 0 aliphatic heterocycles. The minimum Gasteiger partial charge on any atom is -0.381 e. The fraction of sp³-hybridized carbons (Fsp3) is 0.529. The summed E-state index contributed by atoms with van der Waals surface area (Å²) < 4.78 is 0. The van der Waals surface area contributed by atoms with E-state index in [4.69, 9.17) is 0 Å². The molecule has 1 saturated carbocycles. The summed E-state index contributed by atoms with van der Waals surface area (Å²) in [7, 11) is 4.31. The number of nitrogens with zero attached hydrogens (tertiary/aromatic N) is 1. The van der Waals surface area contributed by atoms with Crippen LogP contribution in [0, 0.1) is 0 Å². The summed E-state index contributed by atoms with van der Waals surface area (Å²) in [4.78, 5) is 2.26. The average Bonchev–Trinajstić information content (AvgIpc) is 2.96. The van der Waals surface area contributed by atoms with Gasteiger partial charge in [-0.15, -0.1) is 0 Å². The van der Waals surface area contributed by atoms with Gasteiger partial charge in [-0.1, -0.05) is 37.1 Å². The van der Waals surface area contributed by atoms with Crippen LogP contribution in [0.4, 0.5) is 0 Å². The quantitative estimate of drug-likeness (QED) is 0.712. The van der Waals surface area contributed by atoms with E-state index in [0.29, 0.717) is 5.41 Å². The van der Waals surface area contributed by atoms with Crippen LogP contribution in [0.3, 0.4) is 0 Å². The van der Waals surface area contributed by atoms with Gasteiger partial charge in [0, 0.05) is 25.2 Å². The zero-order valence-electron chi connectivity index (χ0n) is 11.8. The molecule has 0 amide bonds. The Labute approximate surface area is 111 Å². The number of hydrogen-bond acceptors (Lipinski definition) is 1. The van der Waals surface area contributed by atoms with Crippen molar-refractivity contribution in [3.05, 3.63) is 41.1 Å². The highest BCUT2D eigenvalue weighted by atomic mass is 15.1. The van der Waals surface area contributed by atoms with Crippen LogP contribution in [0.25, 0.3) is 5.57 Å². The van der Waals surface area contributed by atoms with Crippen molar-refractivity contribution < 1.29 is 0 Å². The van der Waals surface area contributed by atoms with E-state index in [9.17, 15) is 0 Å². The molecule has 0 saturated heterocycles. The lowest BCUT2D eigenvalue weighted by atomic mass is 9.80. The van der Waals surface area contributed by atoms with E-state index in [1.807, 2.05) is 0 Å². The monoisotopic (exact) mass is 241 g/mol. The molecule has 2 aliphatic rings. The molecule has 1 aromatic carbocycles. The SMILES string of the molecule is C/C(=C1\CC2(CCCC2)c2ccccc21)N(C)C. The molecular formula is C17H23N. The summed E-state index contributed by atoms with van der Waals surface area (Å²) in [5.74, 6) is 0. The number of benzene rings is 1. The first-order chi connectivity index (χ1) is 8.64. The summed E-state index contributed by atoms with van der Waals surface area (Å²) in [5, 5.41) is 0. The third kappa shape index (κ3) is 1.60. The number of hydrogen-bond donors (Lipinski definition) is 0. The number of rotatable bonds is 1. The summed E-state index contributed by atoms with van der Waals surface area (Å²) >= 11 is 0. The highest BCUT2D eigenvalue weighted by molar-refractivity contribution is 5.77. The lowest BCUT2D eigenvalue weighted by Crippen LogP contribution is -2.17. The maximum Gasteiger partial charge on any atom is 0.0135 e. The Kier molecular flexibility index (Phi) is 2.73. The molecule has 0 atom stereocenters. The van der Waals surface area contributed by atoms with Crippen LogP contribution in [0.2, 0.25) is 0 Å². The molecule has 1 fully saturated rings. The molecule has 0 heterocycles. The molecule has 0 aromatic heterocycles. The number of fused-ring (bicyclic) bond motifs is 2. The molecule has 3 rings (SSSR count). The maximum atomic E-state index is 2.37. The zero-order chi connectivity index (χ0) is 12.8. The second kappa shape index (κ2) is 4.15. The maximum absolute atomic E-state index is 2.37. The van der Waals surface area contributed by atoms with Crippen LogP contribution in [0.15, 0.2) is 30.0 Å². The van der Waals surface area contributed by atoms with Gasteiger partial charge in [0.2, 0.25) is 0 Å². The summed E-state index contributed by atoms with van der Waals surface area (Å²) in [6, 6.07) is 9.10. The Morgan fingerprint density at radius 2 is 1.78 bits per heavy atom. The van der Waals surface area contributed by atoms with Crippen molar-refractivity contribution in [3.63, 3.8) is 0 Å². The topological polar surface area (TPSA) is 3.24 Å². The Bertz CT molecular complexity index is 490. The van der Waals surface area contributed by atoms with E-state index in [2.05, 4.69) is 50.2 Å². The van der Waals surface area contributed by atoms with Crippen molar-refractivity contribution in [1.29, 1.82) is 0 Å². The lowest BCUT2D eigenvalue weighted by Gasteiger charge is -2.24. The van der Waals surface area contributed by atoms with Gasteiger partial charge >= 0.3 is 0 Å². The molecule has 0 N–H and O–H groups in total. The van der Waals surface area contributed by atoms with Gasteiger partial charge in [0.1, 0.15) is 0 Å². The molecule has 1 spiro atoms. The third-order valence-corrected chi connectivity index (χ3v) is 5.01. The van der Waals surface area contributed by atoms with Crippen LogP contribution >= 0.6 is 0 Å². The van der Waals surface area contributed by atoms with Gasteiger partial charge in [0.15, 0.2) is 0 Å². The summed E-state index contributed by atoms with van der Waals surface area (Å²) in [6.45, 7) is 2.26. The van der Waals surface area contributed by atoms with Crippen LogP contribution in [0.1, 0.15) is 50.2 Å². The van der Waals surface area contributed by atoms with E-state index >= 15 is 0 Å². The fourth-order valence-corrected chi connectivity index (χ4v) is 3.83. The largest absolute Gasteiger partial charge is 0.381 e. The molecule has 1 heteroatoms. The first kappa shape index (κ1) is 11.8. The minimum atomic E-state index is 0.475. The summed E-state index contributed by atoms with van der Waals surface area (Å²) in [6.07, 6.45) is 6.84. The van der Waals surface area contributed by atoms with E-state index in [-0.39, 0.29) is 0 Å². The Hall–Kier alpha value is -1.24. The Balaban J connectivity index is 2.16. The first-order valence-electron chi connectivity index (χ1n) is 7.11. The zero-order valence-corrected chi connectivity index (χ0v) is 11.8. The van der Waals surface area contributed by atoms with Crippen LogP contribution < -0.4 is 0 Å². The van der Waals surface area contributed by atoms with Crippen LogP contribution in [0.5, 0.6) is 0 Å².